The number of nitrogen functional groups attached to an aromatic ring is 1. The van der Waals surface area contributed by atoms with E-state index in [1.165, 1.54) is 19.9 Å². The van der Waals surface area contributed by atoms with Crippen LogP contribution in [0.2, 0.25) is 0 Å². The van der Waals surface area contributed by atoms with Crippen molar-refractivity contribution in [3.8, 4) is 0 Å². The molecule has 0 atom stereocenters. The Labute approximate surface area is 92.3 Å². The highest BCUT2D eigenvalue weighted by Crippen LogP contribution is 2.33. The van der Waals surface area contributed by atoms with E-state index in [0.29, 0.717) is 0 Å². The third kappa shape index (κ3) is 1.62. The van der Waals surface area contributed by atoms with Gasteiger partial charge in [-0.05, 0) is 30.9 Å². The molecule has 2 aromatic rings. The monoisotopic (exact) mass is 223 g/mol. The second kappa shape index (κ2) is 3.83. The average Bonchev–Trinajstić information content (AvgIpc) is 2.61. The molecule has 0 amide bonds. The van der Waals surface area contributed by atoms with E-state index in [-0.39, 0.29) is 0 Å². The van der Waals surface area contributed by atoms with E-state index in [4.69, 9.17) is 5.73 Å². The molecule has 0 fully saturated rings. The van der Waals surface area contributed by atoms with Crippen LogP contribution >= 0.6 is 23.1 Å². The van der Waals surface area contributed by atoms with Gasteiger partial charge in [-0.25, -0.2) is 0 Å². The van der Waals surface area contributed by atoms with Gasteiger partial charge in [0, 0.05) is 25.5 Å². The van der Waals surface area contributed by atoms with Crippen LogP contribution in [0.5, 0.6) is 0 Å². The van der Waals surface area contributed by atoms with Crippen molar-refractivity contribution >= 4 is 38.9 Å². The predicted octanol–water partition coefficient (Wildman–Crippen LogP) is 3.77. The van der Waals surface area contributed by atoms with Crippen molar-refractivity contribution in [3.05, 3.63) is 23.1 Å². The van der Waals surface area contributed by atoms with Gasteiger partial charge in [0.25, 0.3) is 0 Å². The number of nitrogens with two attached hydrogens (primary N) is 1. The summed E-state index contributed by atoms with van der Waals surface area (Å²) in [6.45, 7) is 2.18. The molecule has 0 spiro atoms. The lowest BCUT2D eigenvalue weighted by Crippen LogP contribution is -1.85. The first-order valence-corrected chi connectivity index (χ1v) is 6.64. The van der Waals surface area contributed by atoms with Gasteiger partial charge < -0.3 is 5.73 Å². The van der Waals surface area contributed by atoms with E-state index >= 15 is 0 Å². The minimum Gasteiger partial charge on any atom is -0.398 e. The van der Waals surface area contributed by atoms with E-state index in [1.807, 2.05) is 11.3 Å². The summed E-state index contributed by atoms with van der Waals surface area (Å²) in [5.74, 6) is 0. The Morgan fingerprint density at radius 2 is 2.14 bits per heavy atom. The lowest BCUT2D eigenvalue weighted by atomic mass is 10.2. The Balaban J connectivity index is 2.67. The SMILES string of the molecule is CCc1cc2c(N)cc(SC)cc2s1. The molecular weight excluding hydrogens is 210 g/mol. The highest BCUT2D eigenvalue weighted by Gasteiger charge is 2.05. The van der Waals surface area contributed by atoms with Crippen molar-refractivity contribution in [2.75, 3.05) is 12.0 Å². The average molecular weight is 223 g/mol. The summed E-state index contributed by atoms with van der Waals surface area (Å²) in [6.07, 6.45) is 3.17. The lowest BCUT2D eigenvalue weighted by molar-refractivity contribution is 1.19. The number of thioether (sulfide) groups is 1. The highest BCUT2D eigenvalue weighted by atomic mass is 32.2. The molecule has 0 radical (unpaired) electrons. The maximum Gasteiger partial charge on any atom is 0.0413 e. The molecule has 0 saturated heterocycles. The van der Waals surface area contributed by atoms with E-state index in [9.17, 15) is 0 Å². The first kappa shape index (κ1) is 9.87. The van der Waals surface area contributed by atoms with Crippen LogP contribution < -0.4 is 5.73 Å². The minimum atomic E-state index is 0.905. The molecule has 14 heavy (non-hydrogen) atoms. The van der Waals surface area contributed by atoms with Crippen molar-refractivity contribution in [2.24, 2.45) is 0 Å². The van der Waals surface area contributed by atoms with Gasteiger partial charge in [-0.1, -0.05) is 6.92 Å². The molecule has 1 aromatic heterocycles. The molecule has 0 aliphatic heterocycles. The second-order valence-electron chi connectivity index (χ2n) is 3.19. The number of hydrogen-bond donors (Lipinski definition) is 1. The smallest absolute Gasteiger partial charge is 0.0413 e. The fraction of sp³-hybridized carbons (Fsp3) is 0.273. The van der Waals surface area contributed by atoms with Crippen LogP contribution in [0.1, 0.15) is 11.8 Å². The number of benzene rings is 1. The van der Waals surface area contributed by atoms with E-state index < -0.39 is 0 Å². The minimum absolute atomic E-state index is 0.905. The summed E-state index contributed by atoms with van der Waals surface area (Å²) >= 11 is 3.59. The van der Waals surface area contributed by atoms with Gasteiger partial charge in [0.05, 0.1) is 0 Å². The molecule has 0 bridgehead atoms. The molecule has 0 saturated carbocycles. The van der Waals surface area contributed by atoms with Gasteiger partial charge >= 0.3 is 0 Å². The molecule has 2 N–H and O–H groups in total. The zero-order valence-corrected chi connectivity index (χ0v) is 9.97. The molecule has 0 aliphatic carbocycles. The Kier molecular flexibility index (Phi) is 2.70. The largest absolute Gasteiger partial charge is 0.398 e. The molecule has 0 unspecified atom stereocenters. The summed E-state index contributed by atoms with van der Waals surface area (Å²) in [4.78, 5) is 2.66. The van der Waals surface area contributed by atoms with Crippen LogP contribution in [0.4, 0.5) is 5.69 Å². The van der Waals surface area contributed by atoms with Crippen molar-refractivity contribution in [3.63, 3.8) is 0 Å². The molecule has 1 nitrogen and oxygen atoms in total. The third-order valence-electron chi connectivity index (χ3n) is 2.28. The first-order valence-electron chi connectivity index (χ1n) is 4.60. The molecule has 2 rings (SSSR count). The maximum absolute atomic E-state index is 5.99. The Morgan fingerprint density at radius 3 is 2.79 bits per heavy atom. The Morgan fingerprint density at radius 1 is 1.36 bits per heavy atom. The normalized spacial score (nSPS) is 11.0. The van der Waals surface area contributed by atoms with Gasteiger partial charge in [0.2, 0.25) is 0 Å². The summed E-state index contributed by atoms with van der Waals surface area (Å²) < 4.78 is 1.31. The summed E-state index contributed by atoms with van der Waals surface area (Å²) in [7, 11) is 0. The summed E-state index contributed by atoms with van der Waals surface area (Å²) in [5, 5.41) is 1.21. The fourth-order valence-electron chi connectivity index (χ4n) is 1.48. The standard InChI is InChI=1S/C11H13NS2/c1-3-7-4-9-10(12)5-8(13-2)6-11(9)14-7/h4-6H,3,12H2,1-2H3. The number of hydrogen-bond acceptors (Lipinski definition) is 3. The quantitative estimate of drug-likeness (QED) is 0.619. The first-order chi connectivity index (χ1) is 6.74. The fourth-order valence-corrected chi connectivity index (χ4v) is 3.12. The molecule has 74 valence electrons. The zero-order valence-electron chi connectivity index (χ0n) is 8.33. The molecule has 3 heteroatoms. The predicted molar refractivity (Wildman–Crippen MR) is 67.4 cm³/mol. The van der Waals surface area contributed by atoms with Crippen LogP contribution in [0.25, 0.3) is 10.1 Å². The topological polar surface area (TPSA) is 26.0 Å². The van der Waals surface area contributed by atoms with Gasteiger partial charge in [-0.3, -0.25) is 0 Å². The van der Waals surface area contributed by atoms with Gasteiger partial charge in [-0.2, -0.15) is 0 Å². The molecular formula is C11H13NS2. The number of aryl methyl sites for hydroxylation is 1. The van der Waals surface area contributed by atoms with Crippen LogP contribution in [-0.4, -0.2) is 6.26 Å². The maximum atomic E-state index is 5.99. The molecule has 1 heterocycles. The van der Waals surface area contributed by atoms with Crippen LogP contribution in [0.15, 0.2) is 23.1 Å². The Bertz CT molecular complexity index is 460. The van der Waals surface area contributed by atoms with E-state index in [0.717, 1.165) is 12.1 Å². The Hall–Kier alpha value is -0.670. The van der Waals surface area contributed by atoms with Crippen LogP contribution in [-0.2, 0) is 6.42 Å². The second-order valence-corrected chi connectivity index (χ2v) is 5.24. The number of anilines is 1. The van der Waals surface area contributed by atoms with Crippen LogP contribution in [0.3, 0.4) is 0 Å². The number of rotatable bonds is 2. The van der Waals surface area contributed by atoms with E-state index in [2.05, 4.69) is 31.4 Å². The molecule has 0 aliphatic rings. The van der Waals surface area contributed by atoms with E-state index in [1.54, 1.807) is 11.8 Å². The van der Waals surface area contributed by atoms with Crippen molar-refractivity contribution < 1.29 is 0 Å². The summed E-state index contributed by atoms with van der Waals surface area (Å²) in [5.41, 5.74) is 6.90. The lowest BCUT2D eigenvalue weighted by Gasteiger charge is -1.99. The van der Waals surface area contributed by atoms with Crippen LogP contribution in [0, 0.1) is 0 Å². The third-order valence-corrected chi connectivity index (χ3v) is 4.21. The number of fused-ring (bicyclic) bond motifs is 1. The van der Waals surface area contributed by atoms with Gasteiger partial charge in [0.15, 0.2) is 0 Å². The number of thiophene rings is 1. The summed E-state index contributed by atoms with van der Waals surface area (Å²) in [6, 6.07) is 6.48. The highest BCUT2D eigenvalue weighted by molar-refractivity contribution is 7.98. The van der Waals surface area contributed by atoms with Crippen molar-refractivity contribution in [1.29, 1.82) is 0 Å². The van der Waals surface area contributed by atoms with Gasteiger partial charge in [-0.15, -0.1) is 23.1 Å². The van der Waals surface area contributed by atoms with Crippen molar-refractivity contribution in [1.82, 2.24) is 0 Å². The molecule has 1 aromatic carbocycles. The van der Waals surface area contributed by atoms with Crippen molar-refractivity contribution in [2.45, 2.75) is 18.2 Å². The van der Waals surface area contributed by atoms with Gasteiger partial charge in [0.1, 0.15) is 0 Å². The zero-order chi connectivity index (χ0) is 10.1.